The maximum atomic E-state index is 13.5. The van der Waals surface area contributed by atoms with Crippen LogP contribution in [0.3, 0.4) is 0 Å². The molecule has 4 rings (SSSR count). The summed E-state index contributed by atoms with van der Waals surface area (Å²) in [6, 6.07) is 10.1. The van der Waals surface area contributed by atoms with Gasteiger partial charge in [-0.15, -0.1) is 0 Å². The number of rotatable bonds is 3. The zero-order chi connectivity index (χ0) is 17.4. The van der Waals surface area contributed by atoms with Gasteiger partial charge < -0.3 is 13.9 Å². The van der Waals surface area contributed by atoms with Crippen molar-refractivity contribution in [3.63, 3.8) is 0 Å². The van der Waals surface area contributed by atoms with Crippen LogP contribution in [0.4, 0.5) is 4.39 Å². The van der Waals surface area contributed by atoms with Crippen LogP contribution in [0.2, 0.25) is 0 Å². The molecule has 0 radical (unpaired) electrons. The number of hydrogen-bond donors (Lipinski definition) is 0. The van der Waals surface area contributed by atoms with Gasteiger partial charge in [-0.2, -0.15) is 0 Å². The monoisotopic (exact) mass is 340 g/mol. The number of aromatic nitrogens is 1. The summed E-state index contributed by atoms with van der Waals surface area (Å²) >= 11 is 0. The zero-order valence-electron chi connectivity index (χ0n) is 14.2. The number of halogens is 1. The molecule has 0 unspecified atom stereocenters. The third kappa shape index (κ3) is 3.06. The maximum absolute atomic E-state index is 13.5. The molecule has 0 N–H and O–H groups in total. The second-order valence-electron chi connectivity index (χ2n) is 6.89. The van der Waals surface area contributed by atoms with E-state index in [1.54, 1.807) is 18.4 Å². The summed E-state index contributed by atoms with van der Waals surface area (Å²) in [6.45, 7) is 4.23. The van der Waals surface area contributed by atoms with Crippen LogP contribution in [0.1, 0.15) is 35.8 Å². The molecule has 3 heterocycles. The van der Waals surface area contributed by atoms with Gasteiger partial charge in [-0.1, -0.05) is 19.1 Å². The van der Waals surface area contributed by atoms with Gasteiger partial charge in [-0.3, -0.25) is 4.79 Å². The highest BCUT2D eigenvalue weighted by molar-refractivity contribution is 5.97. The largest absolute Gasteiger partial charge is 0.463 e. The Morgan fingerprint density at radius 3 is 2.80 bits per heavy atom. The minimum atomic E-state index is -0.272. The Balaban J connectivity index is 1.69. The second kappa shape index (κ2) is 6.39. The molecule has 130 valence electrons. The van der Waals surface area contributed by atoms with Gasteiger partial charge in [0.05, 0.1) is 11.8 Å². The second-order valence-corrected chi connectivity index (χ2v) is 6.89. The van der Waals surface area contributed by atoms with Gasteiger partial charge in [0.25, 0.3) is 5.91 Å². The van der Waals surface area contributed by atoms with Crippen LogP contribution < -0.4 is 0 Å². The summed E-state index contributed by atoms with van der Waals surface area (Å²) < 4.78 is 20.9. The average molecular weight is 340 g/mol. The summed E-state index contributed by atoms with van der Waals surface area (Å²) in [4.78, 5) is 15.0. The van der Waals surface area contributed by atoms with E-state index in [2.05, 4.69) is 6.92 Å². The van der Waals surface area contributed by atoms with E-state index in [1.807, 2.05) is 21.6 Å². The van der Waals surface area contributed by atoms with Gasteiger partial charge >= 0.3 is 0 Å². The third-order valence-electron chi connectivity index (χ3n) is 5.04. The van der Waals surface area contributed by atoms with Crippen molar-refractivity contribution in [3.05, 3.63) is 59.7 Å². The molecular weight excluding hydrogens is 319 g/mol. The molecule has 1 aliphatic heterocycles. The number of furan rings is 1. The molecular formula is C20H21FN2O2. The Bertz CT molecular complexity index is 903. The van der Waals surface area contributed by atoms with Gasteiger partial charge in [0.2, 0.25) is 0 Å². The van der Waals surface area contributed by atoms with E-state index < -0.39 is 0 Å². The minimum Gasteiger partial charge on any atom is -0.463 e. The lowest BCUT2D eigenvalue weighted by atomic mass is 9.99. The number of carbonyl (C=O) groups excluding carboxylic acids is 1. The fourth-order valence-electron chi connectivity index (χ4n) is 3.52. The SMILES string of the molecule is CC1CCN(C(=O)c2cc3occc3n2Cc2cccc(F)c2)CC1. The van der Waals surface area contributed by atoms with E-state index in [9.17, 15) is 9.18 Å². The molecule has 3 aromatic rings. The van der Waals surface area contributed by atoms with Gasteiger partial charge in [-0.25, -0.2) is 4.39 Å². The number of fused-ring (bicyclic) bond motifs is 1. The predicted molar refractivity (Wildman–Crippen MR) is 94.0 cm³/mol. The van der Waals surface area contributed by atoms with Gasteiger partial charge in [0.15, 0.2) is 5.58 Å². The number of nitrogens with zero attached hydrogens (tertiary/aromatic N) is 2. The molecule has 1 saturated heterocycles. The summed E-state index contributed by atoms with van der Waals surface area (Å²) in [7, 11) is 0. The highest BCUT2D eigenvalue weighted by atomic mass is 19.1. The lowest BCUT2D eigenvalue weighted by Crippen LogP contribution is -2.38. The van der Waals surface area contributed by atoms with Crippen molar-refractivity contribution in [1.82, 2.24) is 9.47 Å². The Hall–Kier alpha value is -2.56. The van der Waals surface area contributed by atoms with Crippen LogP contribution in [0.5, 0.6) is 0 Å². The van der Waals surface area contributed by atoms with Gasteiger partial charge in [0.1, 0.15) is 11.5 Å². The summed E-state index contributed by atoms with van der Waals surface area (Å²) in [5, 5.41) is 0. The van der Waals surface area contributed by atoms with Crippen LogP contribution in [0, 0.1) is 11.7 Å². The topological polar surface area (TPSA) is 38.4 Å². The number of likely N-dealkylation sites (tertiary alicyclic amines) is 1. The summed E-state index contributed by atoms with van der Waals surface area (Å²) in [5.74, 6) is 0.417. The van der Waals surface area contributed by atoms with E-state index in [4.69, 9.17) is 4.42 Å². The molecule has 2 aromatic heterocycles. The first kappa shape index (κ1) is 15.9. The summed E-state index contributed by atoms with van der Waals surface area (Å²) in [5.41, 5.74) is 2.97. The molecule has 1 aliphatic rings. The van der Waals surface area contributed by atoms with Crippen LogP contribution in [0.15, 0.2) is 47.1 Å². The number of benzene rings is 1. The highest BCUT2D eigenvalue weighted by Crippen LogP contribution is 2.25. The predicted octanol–water partition coefficient (Wildman–Crippen LogP) is 4.29. The Labute approximate surface area is 145 Å². The fourth-order valence-corrected chi connectivity index (χ4v) is 3.52. The maximum Gasteiger partial charge on any atom is 0.270 e. The molecule has 4 nitrogen and oxygen atoms in total. The highest BCUT2D eigenvalue weighted by Gasteiger charge is 2.25. The van der Waals surface area contributed by atoms with Crippen molar-refractivity contribution >= 4 is 17.0 Å². The first-order chi connectivity index (χ1) is 12.1. The van der Waals surface area contributed by atoms with Gasteiger partial charge in [-0.05, 0) is 36.5 Å². The number of amides is 1. The van der Waals surface area contributed by atoms with E-state index in [0.717, 1.165) is 37.0 Å². The molecule has 1 aromatic carbocycles. The van der Waals surface area contributed by atoms with E-state index >= 15 is 0 Å². The van der Waals surface area contributed by atoms with Crippen molar-refractivity contribution in [2.75, 3.05) is 13.1 Å². The Morgan fingerprint density at radius 1 is 1.24 bits per heavy atom. The quantitative estimate of drug-likeness (QED) is 0.713. The molecule has 0 aliphatic carbocycles. The van der Waals surface area contributed by atoms with E-state index in [1.165, 1.54) is 12.1 Å². The fraction of sp³-hybridized carbons (Fsp3) is 0.350. The molecule has 0 saturated carbocycles. The van der Waals surface area contributed by atoms with Crippen LogP contribution in [-0.2, 0) is 6.54 Å². The molecule has 0 spiro atoms. The third-order valence-corrected chi connectivity index (χ3v) is 5.04. The first-order valence-electron chi connectivity index (χ1n) is 8.72. The van der Waals surface area contributed by atoms with Crippen molar-refractivity contribution in [2.24, 2.45) is 5.92 Å². The lowest BCUT2D eigenvalue weighted by molar-refractivity contribution is 0.0687. The smallest absolute Gasteiger partial charge is 0.270 e. The van der Waals surface area contributed by atoms with Crippen molar-refractivity contribution in [2.45, 2.75) is 26.3 Å². The number of hydrogen-bond acceptors (Lipinski definition) is 2. The van der Waals surface area contributed by atoms with E-state index in [-0.39, 0.29) is 11.7 Å². The summed E-state index contributed by atoms with van der Waals surface area (Å²) in [6.07, 6.45) is 3.68. The molecule has 25 heavy (non-hydrogen) atoms. The van der Waals surface area contributed by atoms with Crippen molar-refractivity contribution in [1.29, 1.82) is 0 Å². The average Bonchev–Trinajstić information content (AvgIpc) is 3.18. The van der Waals surface area contributed by atoms with Crippen LogP contribution in [0.25, 0.3) is 11.1 Å². The van der Waals surface area contributed by atoms with Crippen LogP contribution >= 0.6 is 0 Å². The number of carbonyl (C=O) groups is 1. The normalized spacial score (nSPS) is 15.8. The molecule has 0 atom stereocenters. The van der Waals surface area contributed by atoms with E-state index in [0.29, 0.717) is 23.7 Å². The molecule has 0 bridgehead atoms. The molecule has 1 amide bonds. The van der Waals surface area contributed by atoms with Crippen molar-refractivity contribution in [3.8, 4) is 0 Å². The van der Waals surface area contributed by atoms with Crippen molar-refractivity contribution < 1.29 is 13.6 Å². The lowest BCUT2D eigenvalue weighted by Gasteiger charge is -2.30. The zero-order valence-corrected chi connectivity index (χ0v) is 14.2. The Kier molecular flexibility index (Phi) is 4.07. The molecule has 5 heteroatoms. The molecule has 1 fully saturated rings. The van der Waals surface area contributed by atoms with Gasteiger partial charge in [0, 0.05) is 31.8 Å². The standard InChI is InChI=1S/C20H21FN2O2/c1-14-5-8-22(9-6-14)20(24)18-12-19-17(7-10-25-19)23(18)13-15-3-2-4-16(21)11-15/h2-4,7,10-12,14H,5-6,8-9,13H2,1H3. The van der Waals surface area contributed by atoms with Crippen LogP contribution in [-0.4, -0.2) is 28.5 Å². The Morgan fingerprint density at radius 2 is 2.04 bits per heavy atom. The minimum absolute atomic E-state index is 0.0229. The number of piperidine rings is 1. The first-order valence-corrected chi connectivity index (χ1v) is 8.72.